The fraction of sp³-hybridized carbons (Fsp3) is 0.500. The maximum absolute atomic E-state index is 5.55. The first-order chi connectivity index (χ1) is 8.79. The molecule has 0 aliphatic carbocycles. The van der Waals surface area contributed by atoms with Crippen molar-refractivity contribution >= 4 is 17.2 Å². The van der Waals surface area contributed by atoms with Gasteiger partial charge in [0, 0.05) is 18.7 Å². The van der Waals surface area contributed by atoms with Gasteiger partial charge in [0.2, 0.25) is 0 Å². The van der Waals surface area contributed by atoms with Crippen LogP contribution in [-0.4, -0.2) is 30.9 Å². The molecular weight excluding hydrogens is 246 g/mol. The molecule has 2 rings (SSSR count). The van der Waals surface area contributed by atoms with E-state index in [1.54, 1.807) is 0 Å². The molecule has 1 aliphatic heterocycles. The number of hydrogen-bond donors (Lipinski definition) is 1. The highest BCUT2D eigenvalue weighted by molar-refractivity contribution is 7.80. The van der Waals surface area contributed by atoms with E-state index in [4.69, 9.17) is 21.7 Å². The van der Waals surface area contributed by atoms with Gasteiger partial charge in [0.25, 0.3) is 0 Å². The van der Waals surface area contributed by atoms with Crippen molar-refractivity contribution in [1.82, 2.24) is 5.32 Å². The summed E-state index contributed by atoms with van der Waals surface area (Å²) in [7, 11) is 0. The number of benzene rings is 1. The van der Waals surface area contributed by atoms with Crippen LogP contribution in [0.2, 0.25) is 0 Å². The van der Waals surface area contributed by atoms with Gasteiger partial charge in [-0.2, -0.15) is 0 Å². The van der Waals surface area contributed by atoms with Crippen LogP contribution >= 0.6 is 12.2 Å². The summed E-state index contributed by atoms with van der Waals surface area (Å²) in [5, 5.41) is 3.26. The van der Waals surface area contributed by atoms with E-state index in [2.05, 4.69) is 5.32 Å². The monoisotopic (exact) mass is 265 g/mol. The maximum atomic E-state index is 5.55. The van der Waals surface area contributed by atoms with E-state index in [1.165, 1.54) is 0 Å². The zero-order chi connectivity index (χ0) is 12.8. The van der Waals surface area contributed by atoms with Crippen LogP contribution in [0.3, 0.4) is 0 Å². The van der Waals surface area contributed by atoms with Crippen molar-refractivity contribution in [2.75, 3.05) is 19.8 Å². The smallest absolute Gasteiger partial charge is 0.119 e. The number of ether oxygens (including phenoxy) is 2. The molecule has 1 atom stereocenters. The standard InChI is InChI=1S/C14H19NO2S/c1-2-16-12-7-5-11(6-8-12)14(18)15-10-13-4-3-9-17-13/h5-8,13H,2-4,9-10H2,1H3,(H,15,18)/t13-/m1/s1. The third-order valence-electron chi connectivity index (χ3n) is 2.94. The second kappa shape index (κ2) is 6.71. The third kappa shape index (κ3) is 3.68. The second-order valence-corrected chi connectivity index (χ2v) is 4.71. The van der Waals surface area contributed by atoms with E-state index >= 15 is 0 Å². The number of nitrogens with one attached hydrogen (secondary N) is 1. The van der Waals surface area contributed by atoms with Gasteiger partial charge in [0.05, 0.1) is 12.7 Å². The van der Waals surface area contributed by atoms with Crippen molar-refractivity contribution in [2.45, 2.75) is 25.9 Å². The Balaban J connectivity index is 1.83. The quantitative estimate of drug-likeness (QED) is 0.829. The molecule has 18 heavy (non-hydrogen) atoms. The van der Waals surface area contributed by atoms with Gasteiger partial charge in [-0.1, -0.05) is 12.2 Å². The van der Waals surface area contributed by atoms with Crippen LogP contribution in [0.5, 0.6) is 5.75 Å². The van der Waals surface area contributed by atoms with Gasteiger partial charge in [-0.3, -0.25) is 0 Å². The van der Waals surface area contributed by atoms with E-state index in [9.17, 15) is 0 Å². The highest BCUT2D eigenvalue weighted by atomic mass is 32.1. The Morgan fingerprint density at radius 3 is 2.83 bits per heavy atom. The molecular formula is C14H19NO2S. The second-order valence-electron chi connectivity index (χ2n) is 4.30. The Morgan fingerprint density at radius 2 is 2.22 bits per heavy atom. The molecule has 1 N–H and O–H groups in total. The molecule has 1 heterocycles. The van der Waals surface area contributed by atoms with Crippen molar-refractivity contribution in [3.05, 3.63) is 29.8 Å². The lowest BCUT2D eigenvalue weighted by Gasteiger charge is -2.13. The predicted molar refractivity (Wildman–Crippen MR) is 76.3 cm³/mol. The lowest BCUT2D eigenvalue weighted by Crippen LogP contribution is -2.31. The predicted octanol–water partition coefficient (Wildman–Crippen LogP) is 2.53. The highest BCUT2D eigenvalue weighted by Gasteiger charge is 2.15. The first-order valence-corrected chi connectivity index (χ1v) is 6.83. The summed E-state index contributed by atoms with van der Waals surface area (Å²) in [5.74, 6) is 0.878. The van der Waals surface area contributed by atoms with Crippen LogP contribution in [0.4, 0.5) is 0 Å². The van der Waals surface area contributed by atoms with Gasteiger partial charge in [-0.15, -0.1) is 0 Å². The molecule has 0 aromatic heterocycles. The summed E-state index contributed by atoms with van der Waals surface area (Å²) < 4.78 is 10.9. The topological polar surface area (TPSA) is 30.5 Å². The minimum Gasteiger partial charge on any atom is -0.494 e. The average Bonchev–Trinajstić information content (AvgIpc) is 2.90. The van der Waals surface area contributed by atoms with Gasteiger partial charge in [0.1, 0.15) is 10.7 Å². The van der Waals surface area contributed by atoms with Gasteiger partial charge in [-0.05, 0) is 44.0 Å². The fourth-order valence-electron chi connectivity index (χ4n) is 1.98. The molecule has 0 radical (unpaired) electrons. The first kappa shape index (κ1) is 13.3. The van der Waals surface area contributed by atoms with Gasteiger partial charge >= 0.3 is 0 Å². The van der Waals surface area contributed by atoms with E-state index < -0.39 is 0 Å². The Hall–Kier alpha value is -1.13. The van der Waals surface area contributed by atoms with Crippen molar-refractivity contribution in [3.63, 3.8) is 0 Å². The van der Waals surface area contributed by atoms with Crippen LogP contribution in [-0.2, 0) is 4.74 Å². The van der Waals surface area contributed by atoms with Gasteiger partial charge in [-0.25, -0.2) is 0 Å². The Bertz CT molecular complexity index is 385. The van der Waals surface area contributed by atoms with Gasteiger partial charge in [0.15, 0.2) is 0 Å². The molecule has 0 unspecified atom stereocenters. The summed E-state index contributed by atoms with van der Waals surface area (Å²) in [4.78, 5) is 0.772. The van der Waals surface area contributed by atoms with E-state index in [0.29, 0.717) is 12.7 Å². The molecule has 1 aromatic rings. The van der Waals surface area contributed by atoms with Crippen LogP contribution in [0.15, 0.2) is 24.3 Å². The fourth-order valence-corrected chi connectivity index (χ4v) is 2.20. The molecule has 0 bridgehead atoms. The lowest BCUT2D eigenvalue weighted by molar-refractivity contribution is 0.114. The summed E-state index contributed by atoms with van der Waals surface area (Å²) >= 11 is 5.36. The Labute approximate surface area is 113 Å². The zero-order valence-corrected chi connectivity index (χ0v) is 11.5. The minimum atomic E-state index is 0.311. The molecule has 1 saturated heterocycles. The summed E-state index contributed by atoms with van der Waals surface area (Å²) in [6.07, 6.45) is 2.59. The van der Waals surface area contributed by atoms with Crippen molar-refractivity contribution in [1.29, 1.82) is 0 Å². The molecule has 0 saturated carbocycles. The minimum absolute atomic E-state index is 0.311. The molecule has 1 aliphatic rings. The molecule has 1 fully saturated rings. The lowest BCUT2D eigenvalue weighted by atomic mass is 10.2. The normalized spacial score (nSPS) is 18.6. The molecule has 98 valence electrons. The van der Waals surface area contributed by atoms with Crippen LogP contribution in [0.25, 0.3) is 0 Å². The van der Waals surface area contributed by atoms with Crippen molar-refractivity contribution < 1.29 is 9.47 Å². The highest BCUT2D eigenvalue weighted by Crippen LogP contribution is 2.13. The summed E-state index contributed by atoms with van der Waals surface area (Å²) in [6, 6.07) is 7.85. The van der Waals surface area contributed by atoms with Gasteiger partial charge < -0.3 is 14.8 Å². The molecule has 3 nitrogen and oxygen atoms in total. The SMILES string of the molecule is CCOc1ccc(C(=S)NC[C@H]2CCCO2)cc1. The first-order valence-electron chi connectivity index (χ1n) is 6.42. The Morgan fingerprint density at radius 1 is 1.44 bits per heavy atom. The zero-order valence-electron chi connectivity index (χ0n) is 10.6. The number of hydrogen-bond acceptors (Lipinski definition) is 3. The molecule has 0 amide bonds. The van der Waals surface area contributed by atoms with E-state index in [1.807, 2.05) is 31.2 Å². The van der Waals surface area contributed by atoms with Crippen molar-refractivity contribution in [2.24, 2.45) is 0 Å². The van der Waals surface area contributed by atoms with Crippen LogP contribution < -0.4 is 10.1 Å². The summed E-state index contributed by atoms with van der Waals surface area (Å²) in [6.45, 7) is 4.33. The number of rotatable bonds is 5. The largest absolute Gasteiger partial charge is 0.494 e. The Kier molecular flexibility index (Phi) is 4.96. The van der Waals surface area contributed by atoms with Crippen LogP contribution in [0, 0.1) is 0 Å². The third-order valence-corrected chi connectivity index (χ3v) is 3.32. The van der Waals surface area contributed by atoms with Crippen LogP contribution in [0.1, 0.15) is 25.3 Å². The molecule has 0 spiro atoms. The van der Waals surface area contributed by atoms with Crippen molar-refractivity contribution in [3.8, 4) is 5.75 Å². The average molecular weight is 265 g/mol. The maximum Gasteiger partial charge on any atom is 0.119 e. The molecule has 1 aromatic carbocycles. The molecule has 4 heteroatoms. The van der Waals surface area contributed by atoms with E-state index in [0.717, 1.165) is 42.3 Å². The number of thiocarbonyl (C=S) groups is 1. The van der Waals surface area contributed by atoms with E-state index in [-0.39, 0.29) is 0 Å². The summed E-state index contributed by atoms with van der Waals surface area (Å²) in [5.41, 5.74) is 1.02.